The summed E-state index contributed by atoms with van der Waals surface area (Å²) in [5.74, 6) is 2.19. The molecule has 1 saturated carbocycles. The number of piperidine rings is 1. The summed E-state index contributed by atoms with van der Waals surface area (Å²) in [7, 11) is 5.59. The van der Waals surface area contributed by atoms with E-state index in [2.05, 4.69) is 29.1 Å². The fraction of sp³-hybridized carbons (Fsp3) is 0.654. The minimum absolute atomic E-state index is 0.0872. The van der Waals surface area contributed by atoms with Crippen LogP contribution >= 0.6 is 0 Å². The molecule has 2 unspecified atom stereocenters. The molecule has 1 N–H and O–H groups in total. The number of carbonyl (C=O) groups is 1. The van der Waals surface area contributed by atoms with Gasteiger partial charge >= 0.3 is 0 Å². The summed E-state index contributed by atoms with van der Waals surface area (Å²) in [6.45, 7) is 6.22. The topological polar surface area (TPSA) is 54.0 Å². The maximum atomic E-state index is 12.3. The Kier molecular flexibility index (Phi) is 9.42. The van der Waals surface area contributed by atoms with Gasteiger partial charge in [-0.1, -0.05) is 19.8 Å². The van der Waals surface area contributed by atoms with Gasteiger partial charge in [0.25, 0.3) is 0 Å². The predicted molar refractivity (Wildman–Crippen MR) is 130 cm³/mol. The number of rotatable bonds is 9. The molecular formula is C26H41N3O3. The summed E-state index contributed by atoms with van der Waals surface area (Å²) < 4.78 is 10.6. The first-order valence-corrected chi connectivity index (χ1v) is 12.1. The molecule has 0 bridgehead atoms. The molecule has 2 fully saturated rings. The Morgan fingerprint density at radius 3 is 2.59 bits per heavy atom. The van der Waals surface area contributed by atoms with Gasteiger partial charge in [-0.3, -0.25) is 4.79 Å². The van der Waals surface area contributed by atoms with Crippen molar-refractivity contribution in [1.82, 2.24) is 15.1 Å². The number of amides is 1. The molecule has 2 atom stereocenters. The first-order valence-electron chi connectivity index (χ1n) is 12.1. The molecule has 32 heavy (non-hydrogen) atoms. The molecule has 3 rings (SSSR count). The third-order valence-electron chi connectivity index (χ3n) is 7.30. The van der Waals surface area contributed by atoms with Crippen LogP contribution in [-0.2, 0) is 4.79 Å². The van der Waals surface area contributed by atoms with E-state index < -0.39 is 0 Å². The average Bonchev–Trinajstić information content (AvgIpc) is 2.83. The Morgan fingerprint density at radius 1 is 1.16 bits per heavy atom. The van der Waals surface area contributed by atoms with Crippen LogP contribution in [0.4, 0.5) is 0 Å². The maximum absolute atomic E-state index is 12.3. The molecule has 1 saturated heterocycles. The van der Waals surface area contributed by atoms with Gasteiger partial charge in [0.1, 0.15) is 11.5 Å². The Bertz CT molecular complexity index is 759. The fourth-order valence-electron chi connectivity index (χ4n) is 5.25. The molecule has 2 aliphatic rings. The number of hydrogen-bond donors (Lipinski definition) is 1. The van der Waals surface area contributed by atoms with Crippen molar-refractivity contribution in [2.45, 2.75) is 57.5 Å². The van der Waals surface area contributed by atoms with E-state index >= 15 is 0 Å². The highest BCUT2D eigenvalue weighted by atomic mass is 16.5. The number of methoxy groups -OCH3 is 2. The second-order valence-electron chi connectivity index (χ2n) is 9.30. The molecule has 6 heteroatoms. The van der Waals surface area contributed by atoms with E-state index in [1.165, 1.54) is 38.5 Å². The van der Waals surface area contributed by atoms with Crippen molar-refractivity contribution in [3.63, 3.8) is 0 Å². The lowest BCUT2D eigenvalue weighted by molar-refractivity contribution is -0.116. The smallest absolute Gasteiger partial charge is 0.244 e. The van der Waals surface area contributed by atoms with Crippen molar-refractivity contribution in [1.29, 1.82) is 0 Å². The van der Waals surface area contributed by atoms with E-state index in [-0.39, 0.29) is 5.91 Å². The fourth-order valence-corrected chi connectivity index (χ4v) is 5.25. The lowest BCUT2D eigenvalue weighted by atomic mass is 9.84. The number of hydrogen-bond acceptors (Lipinski definition) is 5. The molecular weight excluding hydrogens is 402 g/mol. The standard InChI is InChI=1S/C26H41N3O3/c1-20-7-5-6-8-24(20)28(2)22-13-16-29(17-14-22)18-15-27-26(30)12-9-21-19-23(31-3)10-11-25(21)32-4/h9-12,19-20,22,24H,5-8,13-18H2,1-4H3,(H,27,30). The summed E-state index contributed by atoms with van der Waals surface area (Å²) in [6, 6.07) is 7.00. The molecule has 0 aromatic heterocycles. The zero-order chi connectivity index (χ0) is 22.9. The van der Waals surface area contributed by atoms with Crippen LogP contribution in [0.2, 0.25) is 0 Å². The molecule has 178 valence electrons. The summed E-state index contributed by atoms with van der Waals surface area (Å²) in [5.41, 5.74) is 0.820. The van der Waals surface area contributed by atoms with E-state index in [0.29, 0.717) is 18.3 Å². The van der Waals surface area contributed by atoms with Gasteiger partial charge in [0.2, 0.25) is 5.91 Å². The van der Waals surface area contributed by atoms with E-state index in [1.807, 2.05) is 18.2 Å². The molecule has 1 heterocycles. The van der Waals surface area contributed by atoms with Crippen molar-refractivity contribution < 1.29 is 14.3 Å². The highest BCUT2D eigenvalue weighted by molar-refractivity contribution is 5.92. The third-order valence-corrected chi connectivity index (χ3v) is 7.30. The Hall–Kier alpha value is -2.05. The van der Waals surface area contributed by atoms with E-state index in [9.17, 15) is 4.79 Å². The van der Waals surface area contributed by atoms with E-state index in [1.54, 1.807) is 26.4 Å². The summed E-state index contributed by atoms with van der Waals surface area (Å²) in [6.07, 6.45) is 11.3. The Balaban J connectivity index is 1.38. The number of benzene rings is 1. The van der Waals surface area contributed by atoms with Crippen LogP contribution in [-0.4, -0.2) is 75.2 Å². The van der Waals surface area contributed by atoms with Crippen LogP contribution in [0, 0.1) is 5.92 Å². The van der Waals surface area contributed by atoms with Gasteiger partial charge in [-0.25, -0.2) is 0 Å². The molecule has 1 amide bonds. The number of ether oxygens (including phenoxy) is 2. The quantitative estimate of drug-likeness (QED) is 0.588. The lowest BCUT2D eigenvalue weighted by Gasteiger charge is -2.44. The van der Waals surface area contributed by atoms with Gasteiger partial charge in [-0.05, 0) is 76.0 Å². The van der Waals surface area contributed by atoms with Crippen LogP contribution in [0.15, 0.2) is 24.3 Å². The number of nitrogens with zero attached hydrogens (tertiary/aromatic N) is 2. The first-order chi connectivity index (χ1) is 15.5. The molecule has 0 radical (unpaired) electrons. The number of nitrogens with one attached hydrogen (secondary N) is 1. The largest absolute Gasteiger partial charge is 0.497 e. The lowest BCUT2D eigenvalue weighted by Crippen LogP contribution is -2.50. The van der Waals surface area contributed by atoms with E-state index in [0.717, 1.165) is 42.9 Å². The SMILES string of the molecule is COc1ccc(OC)c(C=CC(=O)NCCN2CCC(N(C)C3CCCCC3C)CC2)c1. The minimum Gasteiger partial charge on any atom is -0.497 e. The zero-order valence-corrected chi connectivity index (χ0v) is 20.3. The second-order valence-corrected chi connectivity index (χ2v) is 9.30. The van der Waals surface area contributed by atoms with Crippen LogP contribution < -0.4 is 14.8 Å². The second kappa shape index (κ2) is 12.3. The Morgan fingerprint density at radius 2 is 1.91 bits per heavy atom. The van der Waals surface area contributed by atoms with Crippen molar-refractivity contribution in [3.8, 4) is 11.5 Å². The van der Waals surface area contributed by atoms with Gasteiger partial charge < -0.3 is 24.6 Å². The average molecular weight is 444 g/mol. The normalized spacial score (nSPS) is 22.9. The van der Waals surface area contributed by atoms with Crippen LogP contribution in [0.25, 0.3) is 6.08 Å². The molecule has 1 aromatic carbocycles. The first kappa shape index (κ1) is 24.6. The summed E-state index contributed by atoms with van der Waals surface area (Å²) >= 11 is 0. The minimum atomic E-state index is -0.0872. The molecule has 0 spiro atoms. The van der Waals surface area contributed by atoms with Crippen molar-refractivity contribution in [2.24, 2.45) is 5.92 Å². The van der Waals surface area contributed by atoms with Gasteiger partial charge in [0, 0.05) is 36.8 Å². The van der Waals surface area contributed by atoms with Crippen LogP contribution in [0.1, 0.15) is 51.0 Å². The van der Waals surface area contributed by atoms with Gasteiger partial charge in [-0.15, -0.1) is 0 Å². The monoisotopic (exact) mass is 443 g/mol. The molecule has 1 aromatic rings. The van der Waals surface area contributed by atoms with Gasteiger partial charge in [0.05, 0.1) is 14.2 Å². The number of carbonyl (C=O) groups excluding carboxylic acids is 1. The molecule has 1 aliphatic carbocycles. The summed E-state index contributed by atoms with van der Waals surface area (Å²) in [4.78, 5) is 17.4. The van der Waals surface area contributed by atoms with Crippen molar-refractivity contribution in [2.75, 3.05) is 47.4 Å². The predicted octanol–water partition coefficient (Wildman–Crippen LogP) is 3.81. The van der Waals surface area contributed by atoms with Gasteiger partial charge in [0.15, 0.2) is 0 Å². The Labute approximate surface area is 193 Å². The van der Waals surface area contributed by atoms with E-state index in [4.69, 9.17) is 9.47 Å². The van der Waals surface area contributed by atoms with Crippen LogP contribution in [0.5, 0.6) is 11.5 Å². The third kappa shape index (κ3) is 6.72. The highest BCUT2D eigenvalue weighted by Gasteiger charge is 2.31. The number of likely N-dealkylation sites (tertiary alicyclic amines) is 1. The highest BCUT2D eigenvalue weighted by Crippen LogP contribution is 2.30. The van der Waals surface area contributed by atoms with Gasteiger partial charge in [-0.2, -0.15) is 0 Å². The summed E-state index contributed by atoms with van der Waals surface area (Å²) in [5, 5.41) is 3.01. The molecule has 1 aliphatic heterocycles. The zero-order valence-electron chi connectivity index (χ0n) is 20.3. The maximum Gasteiger partial charge on any atom is 0.244 e. The van der Waals surface area contributed by atoms with Crippen LogP contribution in [0.3, 0.4) is 0 Å². The molecule has 6 nitrogen and oxygen atoms in total. The van der Waals surface area contributed by atoms with Crippen molar-refractivity contribution >= 4 is 12.0 Å². The van der Waals surface area contributed by atoms with Crippen molar-refractivity contribution in [3.05, 3.63) is 29.8 Å².